The highest BCUT2D eigenvalue weighted by atomic mass is 32.1. The van der Waals surface area contributed by atoms with Gasteiger partial charge in [0.2, 0.25) is 0 Å². The molecule has 0 saturated heterocycles. The number of aryl methyl sites for hydroxylation is 1. The quantitative estimate of drug-likeness (QED) is 0.724. The number of aromatic hydroxyl groups is 1. The molecule has 0 radical (unpaired) electrons. The minimum absolute atomic E-state index is 0.334. The molecule has 0 aliphatic rings. The Morgan fingerprint density at radius 1 is 1.50 bits per heavy atom. The molecule has 1 rings (SSSR count). The van der Waals surface area contributed by atoms with Gasteiger partial charge >= 0.3 is 0 Å². The molecule has 14 heavy (non-hydrogen) atoms. The van der Waals surface area contributed by atoms with Crippen LogP contribution < -0.4 is 0 Å². The number of benzene rings is 1. The topological polar surface area (TPSA) is 20.2 Å². The summed E-state index contributed by atoms with van der Waals surface area (Å²) in [4.78, 5) is 0.868. The Kier molecular flexibility index (Phi) is 3.64. The van der Waals surface area contributed by atoms with Gasteiger partial charge in [-0.25, -0.2) is 0 Å². The summed E-state index contributed by atoms with van der Waals surface area (Å²) in [5, 5.41) is 9.82. The van der Waals surface area contributed by atoms with Gasteiger partial charge in [-0.15, -0.1) is 12.6 Å². The van der Waals surface area contributed by atoms with Crippen molar-refractivity contribution in [1.29, 1.82) is 0 Å². The van der Waals surface area contributed by atoms with Gasteiger partial charge in [-0.3, -0.25) is 0 Å². The fourth-order valence-electron chi connectivity index (χ4n) is 1.47. The van der Waals surface area contributed by atoms with Gasteiger partial charge < -0.3 is 5.11 Å². The van der Waals surface area contributed by atoms with Crippen LogP contribution in [0.2, 0.25) is 0 Å². The largest absolute Gasteiger partial charge is 0.507 e. The smallest absolute Gasteiger partial charge is 0.126 e. The molecule has 76 valence electrons. The zero-order chi connectivity index (χ0) is 10.7. The third-order valence-electron chi connectivity index (χ3n) is 2.22. The second kappa shape index (κ2) is 4.56. The highest BCUT2D eigenvalue weighted by Crippen LogP contribution is 2.32. The maximum atomic E-state index is 9.82. The zero-order valence-corrected chi connectivity index (χ0v) is 9.56. The lowest BCUT2D eigenvalue weighted by molar-refractivity contribution is 0.468. The van der Waals surface area contributed by atoms with E-state index < -0.39 is 0 Å². The van der Waals surface area contributed by atoms with Gasteiger partial charge in [-0.1, -0.05) is 19.9 Å². The van der Waals surface area contributed by atoms with Crippen molar-refractivity contribution in [2.45, 2.75) is 31.6 Å². The van der Waals surface area contributed by atoms with Crippen LogP contribution in [0.25, 0.3) is 5.57 Å². The van der Waals surface area contributed by atoms with Crippen molar-refractivity contribution in [3.63, 3.8) is 0 Å². The van der Waals surface area contributed by atoms with E-state index in [1.165, 1.54) is 0 Å². The second-order valence-electron chi connectivity index (χ2n) is 3.51. The summed E-state index contributed by atoms with van der Waals surface area (Å²) in [6.45, 7) is 7.93. The fourth-order valence-corrected chi connectivity index (χ4v) is 1.79. The van der Waals surface area contributed by atoms with Gasteiger partial charge in [0.25, 0.3) is 0 Å². The number of allylic oxidation sites excluding steroid dienone is 1. The number of phenolic OH excluding ortho intramolecular Hbond substituents is 1. The zero-order valence-electron chi connectivity index (χ0n) is 8.67. The van der Waals surface area contributed by atoms with E-state index in [0.717, 1.165) is 34.4 Å². The average Bonchev–Trinajstić information content (AvgIpc) is 2.11. The van der Waals surface area contributed by atoms with Gasteiger partial charge in [0.15, 0.2) is 0 Å². The molecule has 2 heteroatoms. The third kappa shape index (κ3) is 2.32. The molecular formula is C12H16OS. The normalized spacial score (nSPS) is 10.2. The Morgan fingerprint density at radius 2 is 2.14 bits per heavy atom. The minimum atomic E-state index is 0.334. The molecule has 1 nitrogen and oxygen atoms in total. The third-order valence-corrected chi connectivity index (χ3v) is 2.48. The van der Waals surface area contributed by atoms with Crippen molar-refractivity contribution in [2.24, 2.45) is 0 Å². The first kappa shape index (κ1) is 11.2. The van der Waals surface area contributed by atoms with E-state index in [4.69, 9.17) is 0 Å². The van der Waals surface area contributed by atoms with Gasteiger partial charge in [0, 0.05) is 10.5 Å². The van der Waals surface area contributed by atoms with Crippen molar-refractivity contribution >= 4 is 18.2 Å². The summed E-state index contributed by atoms with van der Waals surface area (Å²) in [5.74, 6) is 0.334. The minimum Gasteiger partial charge on any atom is -0.507 e. The molecule has 0 saturated carbocycles. The number of phenols is 1. The molecule has 0 heterocycles. The first-order valence-corrected chi connectivity index (χ1v) is 5.21. The van der Waals surface area contributed by atoms with Gasteiger partial charge in [-0.2, -0.15) is 0 Å². The number of hydrogen-bond acceptors (Lipinski definition) is 2. The van der Waals surface area contributed by atoms with Crippen LogP contribution in [0.5, 0.6) is 5.75 Å². The van der Waals surface area contributed by atoms with Crippen molar-refractivity contribution in [3.8, 4) is 5.75 Å². The SMILES string of the molecule is C=C(CCC)c1cc(S)cc(C)c1O. The summed E-state index contributed by atoms with van der Waals surface area (Å²) in [7, 11) is 0. The van der Waals surface area contributed by atoms with E-state index in [1.54, 1.807) is 0 Å². The van der Waals surface area contributed by atoms with Crippen LogP contribution >= 0.6 is 12.6 Å². The van der Waals surface area contributed by atoms with Crippen LogP contribution in [-0.4, -0.2) is 5.11 Å². The van der Waals surface area contributed by atoms with Crippen LogP contribution in [0, 0.1) is 6.92 Å². The molecule has 0 atom stereocenters. The van der Waals surface area contributed by atoms with E-state index in [9.17, 15) is 5.11 Å². The van der Waals surface area contributed by atoms with Crippen molar-refractivity contribution < 1.29 is 5.11 Å². The Labute approximate surface area is 90.9 Å². The van der Waals surface area contributed by atoms with E-state index in [2.05, 4.69) is 26.1 Å². The van der Waals surface area contributed by atoms with E-state index in [-0.39, 0.29) is 0 Å². The van der Waals surface area contributed by atoms with E-state index in [0.29, 0.717) is 5.75 Å². The monoisotopic (exact) mass is 208 g/mol. The first-order valence-electron chi connectivity index (χ1n) is 4.77. The summed E-state index contributed by atoms with van der Waals surface area (Å²) in [6.07, 6.45) is 1.94. The Bertz CT molecular complexity index is 356. The Balaban J connectivity index is 3.13. The summed E-state index contributed by atoms with van der Waals surface area (Å²) < 4.78 is 0. The van der Waals surface area contributed by atoms with E-state index >= 15 is 0 Å². The highest BCUT2D eigenvalue weighted by Gasteiger charge is 2.08. The molecule has 0 spiro atoms. The predicted octanol–water partition coefficient (Wildman–Crippen LogP) is 3.80. The molecule has 1 aromatic carbocycles. The maximum absolute atomic E-state index is 9.82. The molecule has 0 aromatic heterocycles. The summed E-state index contributed by atoms with van der Waals surface area (Å²) in [6, 6.07) is 3.71. The second-order valence-corrected chi connectivity index (χ2v) is 4.03. The Morgan fingerprint density at radius 3 is 2.71 bits per heavy atom. The van der Waals surface area contributed by atoms with Crippen LogP contribution in [0.3, 0.4) is 0 Å². The lowest BCUT2D eigenvalue weighted by atomic mass is 10.00. The standard InChI is InChI=1S/C12H16OS/c1-4-5-8(2)11-7-10(14)6-9(3)12(11)13/h6-7,13-14H,2,4-5H2,1,3H3. The van der Waals surface area contributed by atoms with Crippen LogP contribution in [-0.2, 0) is 0 Å². The van der Waals surface area contributed by atoms with Crippen molar-refractivity contribution in [1.82, 2.24) is 0 Å². The van der Waals surface area contributed by atoms with Gasteiger partial charge in [0.05, 0.1) is 0 Å². The van der Waals surface area contributed by atoms with Crippen molar-refractivity contribution in [2.75, 3.05) is 0 Å². The lowest BCUT2D eigenvalue weighted by Gasteiger charge is -2.10. The number of hydrogen-bond donors (Lipinski definition) is 2. The molecule has 0 amide bonds. The van der Waals surface area contributed by atoms with Crippen LogP contribution in [0.15, 0.2) is 23.6 Å². The molecule has 0 unspecified atom stereocenters. The molecule has 0 aliphatic heterocycles. The molecule has 0 fully saturated rings. The van der Waals surface area contributed by atoms with Crippen molar-refractivity contribution in [3.05, 3.63) is 29.8 Å². The maximum Gasteiger partial charge on any atom is 0.126 e. The first-order chi connectivity index (χ1) is 6.56. The molecule has 0 bridgehead atoms. The molecule has 0 aliphatic carbocycles. The number of rotatable bonds is 3. The highest BCUT2D eigenvalue weighted by molar-refractivity contribution is 7.80. The average molecular weight is 208 g/mol. The number of thiol groups is 1. The van der Waals surface area contributed by atoms with Crippen LogP contribution in [0.4, 0.5) is 0 Å². The lowest BCUT2D eigenvalue weighted by Crippen LogP contribution is -1.87. The molecular weight excluding hydrogens is 192 g/mol. The molecule has 1 N–H and O–H groups in total. The summed E-state index contributed by atoms with van der Waals surface area (Å²) >= 11 is 4.28. The Hall–Kier alpha value is -0.890. The van der Waals surface area contributed by atoms with Gasteiger partial charge in [-0.05, 0) is 36.6 Å². The van der Waals surface area contributed by atoms with Crippen LogP contribution in [0.1, 0.15) is 30.9 Å². The fraction of sp³-hybridized carbons (Fsp3) is 0.333. The molecule has 1 aromatic rings. The van der Waals surface area contributed by atoms with Gasteiger partial charge in [0.1, 0.15) is 5.75 Å². The summed E-state index contributed by atoms with van der Waals surface area (Å²) in [5.41, 5.74) is 2.66. The predicted molar refractivity (Wildman–Crippen MR) is 64.0 cm³/mol. The van der Waals surface area contributed by atoms with E-state index in [1.807, 2.05) is 19.1 Å².